The van der Waals surface area contributed by atoms with Crippen molar-refractivity contribution in [2.45, 2.75) is 45.3 Å². The van der Waals surface area contributed by atoms with Crippen molar-refractivity contribution in [1.29, 1.82) is 0 Å². The summed E-state index contributed by atoms with van der Waals surface area (Å²) in [5, 5.41) is 0. The van der Waals surface area contributed by atoms with E-state index in [0.717, 1.165) is 19.3 Å². The van der Waals surface area contributed by atoms with Crippen molar-refractivity contribution in [3.63, 3.8) is 0 Å². The van der Waals surface area contributed by atoms with Crippen molar-refractivity contribution in [1.82, 2.24) is 4.90 Å². The Labute approximate surface area is 131 Å². The van der Waals surface area contributed by atoms with Crippen molar-refractivity contribution in [2.75, 3.05) is 13.1 Å². The highest BCUT2D eigenvalue weighted by Crippen LogP contribution is 2.26. The van der Waals surface area contributed by atoms with Crippen molar-refractivity contribution in [2.24, 2.45) is 0 Å². The van der Waals surface area contributed by atoms with Crippen molar-refractivity contribution in [3.05, 3.63) is 35.9 Å². The molecule has 0 spiro atoms. The van der Waals surface area contributed by atoms with E-state index in [1.54, 1.807) is 29.2 Å². The average molecular weight is 305 g/mol. The number of benzene rings is 1. The van der Waals surface area contributed by atoms with Crippen LogP contribution >= 0.6 is 0 Å². The van der Waals surface area contributed by atoms with Gasteiger partial charge in [0.1, 0.15) is 12.2 Å². The molecule has 0 aliphatic heterocycles. The average Bonchev–Trinajstić information content (AvgIpc) is 2.96. The highest BCUT2D eigenvalue weighted by Gasteiger charge is 2.34. The minimum Gasteiger partial charge on any atom is -0.455 e. The molecule has 1 amide bonds. The predicted octanol–water partition coefficient (Wildman–Crippen LogP) is 3.24. The Morgan fingerprint density at radius 3 is 2.23 bits per heavy atom. The molecule has 0 bridgehead atoms. The maximum Gasteiger partial charge on any atom is 0.410 e. The van der Waals surface area contributed by atoms with E-state index in [9.17, 15) is 9.59 Å². The zero-order valence-electron chi connectivity index (χ0n) is 13.2. The summed E-state index contributed by atoms with van der Waals surface area (Å²) in [6.45, 7) is 5.03. The smallest absolute Gasteiger partial charge is 0.410 e. The summed E-state index contributed by atoms with van der Waals surface area (Å²) in [6, 6.07) is 8.87. The molecule has 0 N–H and O–H groups in total. The van der Waals surface area contributed by atoms with Crippen LogP contribution < -0.4 is 0 Å². The lowest BCUT2D eigenvalue weighted by Crippen LogP contribution is -2.37. The molecule has 0 heterocycles. The van der Waals surface area contributed by atoms with Crippen LogP contribution in [0.15, 0.2) is 30.3 Å². The number of hydrogen-bond donors (Lipinski definition) is 0. The van der Waals surface area contributed by atoms with Gasteiger partial charge in [0.15, 0.2) is 0 Å². The number of carbonyl (C=O) groups is 2. The minimum absolute atomic E-state index is 0.335. The Bertz CT molecular complexity index is 499. The maximum absolute atomic E-state index is 12.1. The third-order valence-corrected chi connectivity index (χ3v) is 3.93. The van der Waals surface area contributed by atoms with E-state index >= 15 is 0 Å². The lowest BCUT2D eigenvalue weighted by molar-refractivity contribution is -0.0196. The molecule has 2 atom stereocenters. The van der Waals surface area contributed by atoms with Gasteiger partial charge in [-0.05, 0) is 45.2 Å². The molecule has 1 aromatic rings. The molecule has 22 heavy (non-hydrogen) atoms. The van der Waals surface area contributed by atoms with Gasteiger partial charge in [-0.2, -0.15) is 0 Å². The van der Waals surface area contributed by atoms with Gasteiger partial charge >= 0.3 is 12.1 Å². The van der Waals surface area contributed by atoms with Crippen molar-refractivity contribution >= 4 is 12.1 Å². The second kappa shape index (κ2) is 7.82. The summed E-state index contributed by atoms with van der Waals surface area (Å²) in [5.41, 5.74) is 0.517. The largest absolute Gasteiger partial charge is 0.455 e. The summed E-state index contributed by atoms with van der Waals surface area (Å²) in [4.78, 5) is 25.8. The summed E-state index contributed by atoms with van der Waals surface area (Å²) in [5.74, 6) is -0.364. The Morgan fingerprint density at radius 1 is 1.05 bits per heavy atom. The first-order chi connectivity index (χ1) is 10.7. The predicted molar refractivity (Wildman–Crippen MR) is 82.7 cm³/mol. The van der Waals surface area contributed by atoms with Crippen LogP contribution in [-0.2, 0) is 9.47 Å². The molecule has 2 unspecified atom stereocenters. The minimum atomic E-state index is -0.364. The van der Waals surface area contributed by atoms with E-state index in [1.165, 1.54) is 0 Å². The van der Waals surface area contributed by atoms with Gasteiger partial charge in [-0.15, -0.1) is 0 Å². The third kappa shape index (κ3) is 4.00. The van der Waals surface area contributed by atoms with Crippen molar-refractivity contribution in [3.8, 4) is 0 Å². The molecule has 1 aliphatic carbocycles. The monoisotopic (exact) mass is 305 g/mol. The van der Waals surface area contributed by atoms with Crippen LogP contribution in [0, 0.1) is 0 Å². The molecular formula is C17H23NO4. The van der Waals surface area contributed by atoms with Gasteiger partial charge in [0.2, 0.25) is 0 Å². The Kier molecular flexibility index (Phi) is 5.81. The number of amides is 1. The molecule has 0 radical (unpaired) electrons. The third-order valence-electron chi connectivity index (χ3n) is 3.93. The van der Waals surface area contributed by atoms with E-state index in [-0.39, 0.29) is 24.3 Å². The zero-order chi connectivity index (χ0) is 15.9. The molecule has 1 saturated carbocycles. The Balaban J connectivity index is 1.93. The van der Waals surface area contributed by atoms with Gasteiger partial charge in [-0.3, -0.25) is 0 Å². The summed E-state index contributed by atoms with van der Waals surface area (Å²) >= 11 is 0. The van der Waals surface area contributed by atoms with Crippen LogP contribution in [0.4, 0.5) is 4.79 Å². The number of esters is 1. The zero-order valence-corrected chi connectivity index (χ0v) is 13.2. The fraction of sp³-hybridized carbons (Fsp3) is 0.529. The first-order valence-corrected chi connectivity index (χ1v) is 7.87. The molecule has 1 aliphatic rings. The molecule has 0 aromatic heterocycles. The highest BCUT2D eigenvalue weighted by molar-refractivity contribution is 5.89. The number of ether oxygens (including phenoxy) is 2. The fourth-order valence-electron chi connectivity index (χ4n) is 2.63. The van der Waals surface area contributed by atoms with E-state index in [0.29, 0.717) is 18.7 Å². The molecule has 1 aromatic carbocycles. The lowest BCUT2D eigenvalue weighted by Gasteiger charge is -2.24. The van der Waals surface area contributed by atoms with Gasteiger partial charge in [0.25, 0.3) is 0 Å². The van der Waals surface area contributed by atoms with E-state index in [4.69, 9.17) is 9.47 Å². The van der Waals surface area contributed by atoms with Crippen molar-refractivity contribution < 1.29 is 19.1 Å². The number of nitrogens with zero attached hydrogens (tertiary/aromatic N) is 1. The lowest BCUT2D eigenvalue weighted by atomic mass is 10.2. The Hall–Kier alpha value is -2.04. The van der Waals surface area contributed by atoms with E-state index in [2.05, 4.69) is 0 Å². The fourth-order valence-corrected chi connectivity index (χ4v) is 2.63. The molecule has 1 fully saturated rings. The summed E-state index contributed by atoms with van der Waals surface area (Å²) < 4.78 is 11.0. The molecule has 120 valence electrons. The quantitative estimate of drug-likeness (QED) is 0.784. The number of carbonyl (C=O) groups excluding carboxylic acids is 2. The van der Waals surface area contributed by atoms with Gasteiger partial charge in [-0.25, -0.2) is 9.59 Å². The van der Waals surface area contributed by atoms with Gasteiger partial charge in [0, 0.05) is 13.1 Å². The first kappa shape index (κ1) is 16.3. The van der Waals surface area contributed by atoms with Crippen LogP contribution in [0.2, 0.25) is 0 Å². The molecular weight excluding hydrogens is 282 g/mol. The second-order valence-corrected chi connectivity index (χ2v) is 5.34. The number of rotatable bonds is 5. The highest BCUT2D eigenvalue weighted by atomic mass is 16.6. The van der Waals surface area contributed by atoms with Gasteiger partial charge in [-0.1, -0.05) is 18.2 Å². The SMILES string of the molecule is CCN(CC)C(=O)OC1CCCC1OC(=O)c1ccccc1. The van der Waals surface area contributed by atoms with Gasteiger partial charge in [0.05, 0.1) is 5.56 Å². The van der Waals surface area contributed by atoms with Gasteiger partial charge < -0.3 is 14.4 Å². The standard InChI is InChI=1S/C17H23NO4/c1-3-18(4-2)17(20)22-15-12-8-11-14(15)21-16(19)13-9-6-5-7-10-13/h5-7,9-10,14-15H,3-4,8,11-12H2,1-2H3. The van der Waals surface area contributed by atoms with Crippen LogP contribution in [0.1, 0.15) is 43.5 Å². The molecule has 5 heteroatoms. The maximum atomic E-state index is 12.1. The molecule has 0 saturated heterocycles. The van der Waals surface area contributed by atoms with Crippen LogP contribution in [-0.4, -0.2) is 42.3 Å². The van der Waals surface area contributed by atoms with Crippen LogP contribution in [0.25, 0.3) is 0 Å². The van der Waals surface area contributed by atoms with E-state index in [1.807, 2.05) is 19.9 Å². The molecule has 2 rings (SSSR count). The topological polar surface area (TPSA) is 55.8 Å². The Morgan fingerprint density at radius 2 is 1.64 bits per heavy atom. The second-order valence-electron chi connectivity index (χ2n) is 5.34. The first-order valence-electron chi connectivity index (χ1n) is 7.87. The number of hydrogen-bond acceptors (Lipinski definition) is 4. The van der Waals surface area contributed by atoms with Crippen LogP contribution in [0.3, 0.4) is 0 Å². The van der Waals surface area contributed by atoms with Crippen LogP contribution in [0.5, 0.6) is 0 Å². The summed E-state index contributed by atoms with van der Waals surface area (Å²) in [6.07, 6.45) is 1.32. The van der Waals surface area contributed by atoms with E-state index < -0.39 is 0 Å². The normalized spacial score (nSPS) is 20.5. The summed E-state index contributed by atoms with van der Waals surface area (Å²) in [7, 11) is 0. The molecule has 5 nitrogen and oxygen atoms in total.